The SMILES string of the molecule is CC(C)(C)OC(=O)N1CC[C@@H]1C(=O)N(Cc1ccc(C2CCCCC2)cn1)c1cccnc1. The van der Waals surface area contributed by atoms with Gasteiger partial charge in [0, 0.05) is 18.9 Å². The van der Waals surface area contributed by atoms with Crippen LogP contribution in [-0.2, 0) is 16.1 Å². The van der Waals surface area contributed by atoms with E-state index in [1.54, 1.807) is 17.3 Å². The van der Waals surface area contributed by atoms with Crippen molar-refractivity contribution < 1.29 is 14.3 Å². The number of ether oxygens (including phenoxy) is 1. The van der Waals surface area contributed by atoms with Gasteiger partial charge in [-0.15, -0.1) is 0 Å². The van der Waals surface area contributed by atoms with Gasteiger partial charge in [0.05, 0.1) is 24.1 Å². The van der Waals surface area contributed by atoms with E-state index in [0.717, 1.165) is 5.69 Å². The smallest absolute Gasteiger partial charge is 0.410 e. The van der Waals surface area contributed by atoms with Crippen molar-refractivity contribution in [3.05, 3.63) is 54.1 Å². The van der Waals surface area contributed by atoms with Crippen LogP contribution in [0.4, 0.5) is 10.5 Å². The van der Waals surface area contributed by atoms with Crippen molar-refractivity contribution in [3.63, 3.8) is 0 Å². The summed E-state index contributed by atoms with van der Waals surface area (Å²) in [7, 11) is 0. The van der Waals surface area contributed by atoms with Crippen molar-refractivity contribution in [2.75, 3.05) is 11.4 Å². The predicted octanol–water partition coefficient (Wildman–Crippen LogP) is 5.07. The lowest BCUT2D eigenvalue weighted by Gasteiger charge is -2.42. The van der Waals surface area contributed by atoms with Gasteiger partial charge >= 0.3 is 6.09 Å². The Morgan fingerprint density at radius 3 is 2.45 bits per heavy atom. The summed E-state index contributed by atoms with van der Waals surface area (Å²) < 4.78 is 5.49. The second-order valence-corrected chi connectivity index (χ2v) is 10.0. The molecule has 2 aromatic heterocycles. The highest BCUT2D eigenvalue weighted by Gasteiger charge is 2.42. The van der Waals surface area contributed by atoms with E-state index in [1.807, 2.05) is 45.2 Å². The molecule has 7 heteroatoms. The first-order chi connectivity index (χ1) is 15.8. The summed E-state index contributed by atoms with van der Waals surface area (Å²) >= 11 is 0. The first kappa shape index (κ1) is 23.2. The predicted molar refractivity (Wildman–Crippen MR) is 127 cm³/mol. The quantitative estimate of drug-likeness (QED) is 0.636. The fraction of sp³-hybridized carbons (Fsp3) is 0.538. The highest BCUT2D eigenvalue weighted by molar-refractivity contribution is 5.99. The van der Waals surface area contributed by atoms with Crippen LogP contribution in [0, 0.1) is 0 Å². The minimum absolute atomic E-state index is 0.140. The second-order valence-electron chi connectivity index (χ2n) is 10.0. The molecule has 1 atom stereocenters. The van der Waals surface area contributed by atoms with Gasteiger partial charge in [-0.05, 0) is 69.7 Å². The number of nitrogens with zero attached hydrogens (tertiary/aromatic N) is 4. The lowest BCUT2D eigenvalue weighted by atomic mass is 9.85. The van der Waals surface area contributed by atoms with Crippen LogP contribution in [-0.4, -0.2) is 45.1 Å². The molecule has 2 fully saturated rings. The average Bonchev–Trinajstić information content (AvgIpc) is 2.77. The van der Waals surface area contributed by atoms with Crippen LogP contribution >= 0.6 is 0 Å². The molecule has 3 heterocycles. The van der Waals surface area contributed by atoms with E-state index in [4.69, 9.17) is 4.74 Å². The van der Waals surface area contributed by atoms with Gasteiger partial charge in [0.15, 0.2) is 0 Å². The average molecular weight is 451 g/mol. The zero-order valence-electron chi connectivity index (χ0n) is 19.9. The molecule has 2 aromatic rings. The monoisotopic (exact) mass is 450 g/mol. The lowest BCUT2D eigenvalue weighted by Crippen LogP contribution is -2.59. The number of rotatable bonds is 5. The Labute approximate surface area is 196 Å². The van der Waals surface area contributed by atoms with Gasteiger partial charge in [0.25, 0.3) is 0 Å². The van der Waals surface area contributed by atoms with Gasteiger partial charge in [-0.3, -0.25) is 19.7 Å². The largest absolute Gasteiger partial charge is 0.444 e. The minimum Gasteiger partial charge on any atom is -0.444 e. The summed E-state index contributed by atoms with van der Waals surface area (Å²) in [6.45, 7) is 6.32. The zero-order chi connectivity index (χ0) is 23.4. The maximum absolute atomic E-state index is 13.5. The standard InChI is InChI=1S/C26H34N4O3/c1-26(2,3)33-25(32)29-15-13-23(29)24(31)30(22-10-7-14-27-17-22)18-21-12-11-20(16-28-21)19-8-5-4-6-9-19/h7,10-12,14,16-17,19,23H,4-6,8-9,13,15,18H2,1-3H3/t23-/m1/s1. The molecule has 0 N–H and O–H groups in total. The van der Waals surface area contributed by atoms with E-state index in [0.29, 0.717) is 31.1 Å². The van der Waals surface area contributed by atoms with Crippen LogP contribution in [0.3, 0.4) is 0 Å². The molecule has 7 nitrogen and oxygen atoms in total. The van der Waals surface area contributed by atoms with Gasteiger partial charge in [-0.25, -0.2) is 4.79 Å². The summed E-state index contributed by atoms with van der Waals surface area (Å²) in [6, 6.07) is 7.30. The summed E-state index contributed by atoms with van der Waals surface area (Å²) in [5, 5.41) is 0. The van der Waals surface area contributed by atoms with Crippen molar-refractivity contribution in [3.8, 4) is 0 Å². The minimum atomic E-state index is -0.604. The Morgan fingerprint density at radius 2 is 1.88 bits per heavy atom. The van der Waals surface area contributed by atoms with Crippen molar-refractivity contribution >= 4 is 17.7 Å². The number of carbonyl (C=O) groups excluding carboxylic acids is 2. The molecule has 4 rings (SSSR count). The molecule has 1 saturated heterocycles. The second kappa shape index (κ2) is 9.89. The number of likely N-dealkylation sites (tertiary alicyclic amines) is 1. The number of carbonyl (C=O) groups is 2. The molecule has 0 bridgehead atoms. The van der Waals surface area contributed by atoms with E-state index in [-0.39, 0.29) is 5.91 Å². The normalized spacial score (nSPS) is 19.0. The zero-order valence-corrected chi connectivity index (χ0v) is 19.9. The maximum atomic E-state index is 13.5. The summed E-state index contributed by atoms with van der Waals surface area (Å²) in [5.74, 6) is 0.451. The summed E-state index contributed by atoms with van der Waals surface area (Å²) in [6.07, 6.45) is 11.8. The van der Waals surface area contributed by atoms with Crippen LogP contribution < -0.4 is 4.90 Å². The van der Waals surface area contributed by atoms with E-state index < -0.39 is 17.7 Å². The van der Waals surface area contributed by atoms with E-state index >= 15 is 0 Å². The van der Waals surface area contributed by atoms with Crippen LogP contribution in [0.5, 0.6) is 0 Å². The Bertz CT molecular complexity index is 950. The van der Waals surface area contributed by atoms with Crippen molar-refractivity contribution in [1.82, 2.24) is 14.9 Å². The lowest BCUT2D eigenvalue weighted by molar-refractivity contribution is -0.128. The van der Waals surface area contributed by atoms with Crippen molar-refractivity contribution in [1.29, 1.82) is 0 Å². The van der Waals surface area contributed by atoms with Gasteiger partial charge < -0.3 is 9.64 Å². The van der Waals surface area contributed by atoms with Crippen molar-refractivity contribution in [2.45, 2.75) is 83.4 Å². The highest BCUT2D eigenvalue weighted by atomic mass is 16.6. The molecule has 0 spiro atoms. The fourth-order valence-electron chi connectivity index (χ4n) is 4.54. The molecule has 0 unspecified atom stereocenters. The number of aromatic nitrogens is 2. The van der Waals surface area contributed by atoms with Crippen LogP contribution in [0.1, 0.15) is 76.5 Å². The number of amides is 2. The first-order valence-electron chi connectivity index (χ1n) is 12.0. The third-order valence-corrected chi connectivity index (χ3v) is 6.40. The molecule has 33 heavy (non-hydrogen) atoms. The Morgan fingerprint density at radius 1 is 1.09 bits per heavy atom. The van der Waals surface area contributed by atoms with E-state index in [2.05, 4.69) is 16.0 Å². The highest BCUT2D eigenvalue weighted by Crippen LogP contribution is 2.32. The van der Waals surface area contributed by atoms with Gasteiger partial charge in [-0.2, -0.15) is 0 Å². The topological polar surface area (TPSA) is 75.6 Å². The van der Waals surface area contributed by atoms with Gasteiger partial charge in [-0.1, -0.05) is 25.3 Å². The molecule has 0 aromatic carbocycles. The number of hydrogen-bond acceptors (Lipinski definition) is 5. The molecule has 176 valence electrons. The maximum Gasteiger partial charge on any atom is 0.410 e. The molecule has 2 aliphatic rings. The van der Waals surface area contributed by atoms with Crippen LogP contribution in [0.15, 0.2) is 42.9 Å². The van der Waals surface area contributed by atoms with Crippen LogP contribution in [0.2, 0.25) is 0 Å². The first-order valence-corrected chi connectivity index (χ1v) is 12.0. The molecular weight excluding hydrogens is 416 g/mol. The van der Waals surface area contributed by atoms with Crippen LogP contribution in [0.25, 0.3) is 0 Å². The Hall–Kier alpha value is -2.96. The van der Waals surface area contributed by atoms with E-state index in [9.17, 15) is 9.59 Å². The number of pyridine rings is 2. The summed E-state index contributed by atoms with van der Waals surface area (Å²) in [4.78, 5) is 38.2. The van der Waals surface area contributed by atoms with Gasteiger partial charge in [0.1, 0.15) is 11.6 Å². The Balaban J connectivity index is 1.50. The third kappa shape index (κ3) is 5.70. The Kier molecular flexibility index (Phi) is 6.96. The third-order valence-electron chi connectivity index (χ3n) is 6.40. The molecule has 2 amide bonds. The number of anilines is 1. The van der Waals surface area contributed by atoms with Crippen molar-refractivity contribution in [2.24, 2.45) is 0 Å². The van der Waals surface area contributed by atoms with Gasteiger partial charge in [0.2, 0.25) is 5.91 Å². The molecule has 0 radical (unpaired) electrons. The number of hydrogen-bond donors (Lipinski definition) is 0. The molecule has 1 aliphatic heterocycles. The fourth-order valence-corrected chi connectivity index (χ4v) is 4.54. The van der Waals surface area contributed by atoms with E-state index in [1.165, 1.54) is 42.6 Å². The molecular formula is C26H34N4O3. The summed E-state index contributed by atoms with van der Waals surface area (Å²) in [5.41, 5.74) is 2.19. The molecule has 1 aliphatic carbocycles. The molecule has 1 saturated carbocycles.